The molecule has 0 spiro atoms. The molecular weight excluding hydrogens is 247 g/mol. The first-order valence-electron chi connectivity index (χ1n) is 6.34. The van der Waals surface area contributed by atoms with E-state index in [2.05, 4.69) is 5.16 Å². The van der Waals surface area contributed by atoms with E-state index < -0.39 is 0 Å². The molecule has 2 aromatic rings. The van der Waals surface area contributed by atoms with Gasteiger partial charge in [0.05, 0.1) is 5.56 Å². The zero-order valence-corrected chi connectivity index (χ0v) is 10.4. The van der Waals surface area contributed by atoms with Crippen molar-refractivity contribution in [2.75, 3.05) is 18.9 Å². The maximum Gasteiger partial charge on any atom is 0.175 e. The number of hydrogen-bond donors (Lipinski definition) is 1. The molecule has 3 rings (SSSR count). The highest BCUT2D eigenvalue weighted by molar-refractivity contribution is 5.75. The van der Waals surface area contributed by atoms with Gasteiger partial charge in [-0.25, -0.2) is 4.39 Å². The van der Waals surface area contributed by atoms with Gasteiger partial charge in [0.2, 0.25) is 0 Å². The predicted molar refractivity (Wildman–Crippen MR) is 69.1 cm³/mol. The maximum absolute atomic E-state index is 13.0. The summed E-state index contributed by atoms with van der Waals surface area (Å²) in [4.78, 5) is 0. The Morgan fingerprint density at radius 2 is 1.84 bits per heavy atom. The molecule has 2 heterocycles. The van der Waals surface area contributed by atoms with Crippen molar-refractivity contribution < 1.29 is 13.7 Å². The number of anilines is 1. The standard InChI is InChI=1S/C14H15FN2O2/c15-11-3-1-9(2-4-11)12-13(19-17-14(12)16)10-5-7-18-8-6-10/h1-4,10H,5-8H2,(H2,16,17). The second-order valence-corrected chi connectivity index (χ2v) is 4.70. The minimum absolute atomic E-state index is 0.263. The summed E-state index contributed by atoms with van der Waals surface area (Å²) in [5.74, 6) is 1.13. The van der Waals surface area contributed by atoms with Gasteiger partial charge in [0, 0.05) is 19.1 Å². The van der Waals surface area contributed by atoms with Crippen LogP contribution in [0, 0.1) is 5.82 Å². The number of nitrogens with zero attached hydrogens (tertiary/aromatic N) is 1. The molecule has 0 saturated carbocycles. The van der Waals surface area contributed by atoms with Crippen LogP contribution in [0.2, 0.25) is 0 Å². The fourth-order valence-corrected chi connectivity index (χ4v) is 2.46. The Balaban J connectivity index is 2.00. The van der Waals surface area contributed by atoms with Gasteiger partial charge >= 0.3 is 0 Å². The highest BCUT2D eigenvalue weighted by Gasteiger charge is 2.26. The van der Waals surface area contributed by atoms with Gasteiger partial charge in [-0.15, -0.1) is 0 Å². The largest absolute Gasteiger partial charge is 0.381 e. The number of hydrogen-bond acceptors (Lipinski definition) is 4. The minimum Gasteiger partial charge on any atom is -0.381 e. The summed E-state index contributed by atoms with van der Waals surface area (Å²) in [6.07, 6.45) is 1.78. The monoisotopic (exact) mass is 262 g/mol. The highest BCUT2D eigenvalue weighted by atomic mass is 19.1. The third-order valence-electron chi connectivity index (χ3n) is 3.47. The van der Waals surface area contributed by atoms with Crippen LogP contribution in [0.3, 0.4) is 0 Å². The molecule has 1 saturated heterocycles. The van der Waals surface area contributed by atoms with Crippen LogP contribution >= 0.6 is 0 Å². The third-order valence-corrected chi connectivity index (χ3v) is 3.47. The van der Waals surface area contributed by atoms with Crippen molar-refractivity contribution in [1.29, 1.82) is 0 Å². The lowest BCUT2D eigenvalue weighted by atomic mass is 9.92. The molecule has 0 aliphatic carbocycles. The molecule has 1 aromatic heterocycles. The molecule has 19 heavy (non-hydrogen) atoms. The lowest BCUT2D eigenvalue weighted by Crippen LogP contribution is -2.14. The van der Waals surface area contributed by atoms with Crippen molar-refractivity contribution in [3.63, 3.8) is 0 Å². The van der Waals surface area contributed by atoms with Crippen molar-refractivity contribution in [3.8, 4) is 11.1 Å². The quantitative estimate of drug-likeness (QED) is 0.903. The first-order valence-corrected chi connectivity index (χ1v) is 6.34. The van der Waals surface area contributed by atoms with Crippen LogP contribution in [0.25, 0.3) is 11.1 Å². The molecule has 0 atom stereocenters. The zero-order valence-electron chi connectivity index (χ0n) is 10.4. The third kappa shape index (κ3) is 2.33. The second-order valence-electron chi connectivity index (χ2n) is 4.70. The van der Waals surface area contributed by atoms with Crippen LogP contribution in [-0.4, -0.2) is 18.4 Å². The molecule has 100 valence electrons. The van der Waals surface area contributed by atoms with Gasteiger partial charge in [0.25, 0.3) is 0 Å². The predicted octanol–water partition coefficient (Wildman–Crippen LogP) is 2.96. The molecule has 1 aliphatic heterocycles. The van der Waals surface area contributed by atoms with E-state index in [4.69, 9.17) is 15.0 Å². The first-order chi connectivity index (χ1) is 9.25. The molecule has 0 bridgehead atoms. The number of rotatable bonds is 2. The van der Waals surface area contributed by atoms with Gasteiger partial charge in [-0.2, -0.15) is 0 Å². The van der Waals surface area contributed by atoms with Crippen molar-refractivity contribution in [1.82, 2.24) is 5.16 Å². The summed E-state index contributed by atoms with van der Waals surface area (Å²) in [5, 5.41) is 3.86. The van der Waals surface area contributed by atoms with Crippen molar-refractivity contribution >= 4 is 5.82 Å². The van der Waals surface area contributed by atoms with Gasteiger partial charge in [-0.3, -0.25) is 0 Å². The Morgan fingerprint density at radius 3 is 2.53 bits per heavy atom. The van der Waals surface area contributed by atoms with E-state index in [1.807, 2.05) is 0 Å². The highest BCUT2D eigenvalue weighted by Crippen LogP contribution is 2.38. The summed E-state index contributed by atoms with van der Waals surface area (Å²) in [7, 11) is 0. The molecule has 1 fully saturated rings. The molecule has 2 N–H and O–H groups in total. The number of nitrogen functional groups attached to an aromatic ring is 1. The molecular formula is C14H15FN2O2. The summed E-state index contributed by atoms with van der Waals surface area (Å²) < 4.78 is 23.7. The van der Waals surface area contributed by atoms with E-state index in [0.717, 1.165) is 29.7 Å². The van der Waals surface area contributed by atoms with Crippen LogP contribution in [0.15, 0.2) is 28.8 Å². The molecule has 0 unspecified atom stereocenters. The number of halogens is 1. The van der Waals surface area contributed by atoms with Crippen LogP contribution < -0.4 is 5.73 Å². The topological polar surface area (TPSA) is 61.3 Å². The smallest absolute Gasteiger partial charge is 0.175 e. The SMILES string of the molecule is Nc1noc(C2CCOCC2)c1-c1ccc(F)cc1. The normalized spacial score (nSPS) is 16.7. The van der Waals surface area contributed by atoms with Crippen molar-refractivity contribution in [2.24, 2.45) is 0 Å². The van der Waals surface area contributed by atoms with Crippen molar-refractivity contribution in [2.45, 2.75) is 18.8 Å². The van der Waals surface area contributed by atoms with E-state index in [9.17, 15) is 4.39 Å². The molecule has 1 aliphatic rings. The Kier molecular flexibility index (Phi) is 3.21. The number of benzene rings is 1. The Morgan fingerprint density at radius 1 is 1.16 bits per heavy atom. The number of ether oxygens (including phenoxy) is 1. The summed E-state index contributed by atoms with van der Waals surface area (Å²) in [5.41, 5.74) is 7.51. The summed E-state index contributed by atoms with van der Waals surface area (Å²) in [6, 6.07) is 6.22. The summed E-state index contributed by atoms with van der Waals surface area (Å²) in [6.45, 7) is 1.43. The minimum atomic E-state index is -0.272. The van der Waals surface area contributed by atoms with E-state index in [-0.39, 0.29) is 11.7 Å². The molecule has 4 nitrogen and oxygen atoms in total. The maximum atomic E-state index is 13.0. The molecule has 5 heteroatoms. The Bertz CT molecular complexity index is 559. The number of aromatic nitrogens is 1. The fourth-order valence-electron chi connectivity index (χ4n) is 2.46. The first kappa shape index (κ1) is 12.2. The second kappa shape index (κ2) is 5.01. The van der Waals surface area contributed by atoms with Crippen LogP contribution in [0.5, 0.6) is 0 Å². The number of nitrogens with two attached hydrogens (primary N) is 1. The zero-order chi connectivity index (χ0) is 13.2. The van der Waals surface area contributed by atoms with Gasteiger partial charge in [0.1, 0.15) is 11.6 Å². The van der Waals surface area contributed by atoms with Gasteiger partial charge in [0.15, 0.2) is 5.82 Å². The molecule has 0 amide bonds. The fraction of sp³-hybridized carbons (Fsp3) is 0.357. The van der Waals surface area contributed by atoms with Crippen molar-refractivity contribution in [3.05, 3.63) is 35.8 Å². The van der Waals surface area contributed by atoms with Gasteiger partial charge in [-0.1, -0.05) is 17.3 Å². The lowest BCUT2D eigenvalue weighted by Gasteiger charge is -2.20. The molecule has 1 aromatic carbocycles. The van der Waals surface area contributed by atoms with Gasteiger partial charge < -0.3 is 15.0 Å². The average Bonchev–Trinajstić information content (AvgIpc) is 2.83. The lowest BCUT2D eigenvalue weighted by molar-refractivity contribution is 0.0792. The van der Waals surface area contributed by atoms with E-state index >= 15 is 0 Å². The van der Waals surface area contributed by atoms with E-state index in [1.165, 1.54) is 12.1 Å². The molecule has 0 radical (unpaired) electrons. The van der Waals surface area contributed by atoms with E-state index in [0.29, 0.717) is 19.0 Å². The Labute approximate surface area is 110 Å². The van der Waals surface area contributed by atoms with Gasteiger partial charge in [-0.05, 0) is 30.5 Å². The average molecular weight is 262 g/mol. The van der Waals surface area contributed by atoms with Crippen LogP contribution in [0.1, 0.15) is 24.5 Å². The van der Waals surface area contributed by atoms with Crippen LogP contribution in [0.4, 0.5) is 10.2 Å². The van der Waals surface area contributed by atoms with Crippen LogP contribution in [-0.2, 0) is 4.74 Å². The Hall–Kier alpha value is -1.88. The van der Waals surface area contributed by atoms with E-state index in [1.54, 1.807) is 12.1 Å². The summed E-state index contributed by atoms with van der Waals surface area (Å²) >= 11 is 0.